The number of ether oxygens (including phenoxy) is 1. The SMILES string of the molecule is CCC(N)CN1CC(C)(C)Oc2ccc(C(C)(C)C)cc21. The molecule has 0 aromatic heterocycles. The molecule has 1 aromatic carbocycles. The lowest BCUT2D eigenvalue weighted by atomic mass is 9.86. The minimum absolute atomic E-state index is 0.139. The van der Waals surface area contributed by atoms with Gasteiger partial charge in [0.25, 0.3) is 0 Å². The first kappa shape index (κ1) is 16.2. The summed E-state index contributed by atoms with van der Waals surface area (Å²) in [5, 5.41) is 0. The number of benzene rings is 1. The highest BCUT2D eigenvalue weighted by Crippen LogP contribution is 2.39. The largest absolute Gasteiger partial charge is 0.484 e. The van der Waals surface area contributed by atoms with Gasteiger partial charge >= 0.3 is 0 Å². The van der Waals surface area contributed by atoms with Crippen molar-refractivity contribution < 1.29 is 4.74 Å². The van der Waals surface area contributed by atoms with E-state index in [1.165, 1.54) is 11.3 Å². The molecule has 2 rings (SSSR count). The lowest BCUT2D eigenvalue weighted by Crippen LogP contribution is -2.50. The Morgan fingerprint density at radius 2 is 2.00 bits per heavy atom. The van der Waals surface area contributed by atoms with Crippen molar-refractivity contribution in [2.75, 3.05) is 18.0 Å². The fourth-order valence-corrected chi connectivity index (χ4v) is 2.77. The van der Waals surface area contributed by atoms with Gasteiger partial charge in [-0.3, -0.25) is 0 Å². The van der Waals surface area contributed by atoms with Crippen LogP contribution >= 0.6 is 0 Å². The summed E-state index contributed by atoms with van der Waals surface area (Å²) in [6.07, 6.45) is 0.992. The zero-order chi connectivity index (χ0) is 15.8. The van der Waals surface area contributed by atoms with Crippen molar-refractivity contribution in [1.82, 2.24) is 0 Å². The Kier molecular flexibility index (Phi) is 4.25. The highest BCUT2D eigenvalue weighted by Gasteiger charge is 2.33. The predicted octanol–water partition coefficient (Wildman–Crippen LogP) is 3.70. The van der Waals surface area contributed by atoms with Crippen LogP contribution in [0.2, 0.25) is 0 Å². The average Bonchev–Trinajstić information content (AvgIpc) is 2.35. The Bertz CT molecular complexity index is 502. The number of hydrogen-bond acceptors (Lipinski definition) is 3. The number of anilines is 1. The molecule has 2 N–H and O–H groups in total. The van der Waals surface area contributed by atoms with E-state index in [1.54, 1.807) is 0 Å². The van der Waals surface area contributed by atoms with E-state index in [0.717, 1.165) is 25.3 Å². The number of rotatable bonds is 3. The molecule has 1 aliphatic rings. The monoisotopic (exact) mass is 290 g/mol. The van der Waals surface area contributed by atoms with Crippen LogP contribution in [0.1, 0.15) is 53.5 Å². The maximum absolute atomic E-state index is 6.19. The third-order valence-corrected chi connectivity index (χ3v) is 4.10. The zero-order valence-corrected chi connectivity index (χ0v) is 14.4. The highest BCUT2D eigenvalue weighted by atomic mass is 16.5. The normalized spacial score (nSPS) is 18.9. The number of hydrogen-bond donors (Lipinski definition) is 1. The first-order chi connectivity index (χ1) is 9.62. The van der Waals surface area contributed by atoms with E-state index < -0.39 is 0 Å². The number of fused-ring (bicyclic) bond motifs is 1. The topological polar surface area (TPSA) is 38.5 Å². The van der Waals surface area contributed by atoms with Gasteiger partial charge in [0.2, 0.25) is 0 Å². The van der Waals surface area contributed by atoms with Gasteiger partial charge in [-0.1, -0.05) is 33.8 Å². The van der Waals surface area contributed by atoms with E-state index in [1.807, 2.05) is 0 Å². The summed E-state index contributed by atoms with van der Waals surface area (Å²) < 4.78 is 6.15. The Labute approximate surface area is 129 Å². The molecule has 1 heterocycles. The summed E-state index contributed by atoms with van der Waals surface area (Å²) in [5.74, 6) is 0.975. The molecule has 1 atom stereocenters. The minimum Gasteiger partial charge on any atom is -0.484 e. The summed E-state index contributed by atoms with van der Waals surface area (Å²) in [7, 11) is 0. The van der Waals surface area contributed by atoms with Crippen molar-refractivity contribution in [3.05, 3.63) is 23.8 Å². The molecule has 0 fully saturated rings. The maximum atomic E-state index is 6.19. The second-order valence-electron chi connectivity index (χ2n) is 7.84. The van der Waals surface area contributed by atoms with Crippen LogP contribution in [0.15, 0.2) is 18.2 Å². The fourth-order valence-electron chi connectivity index (χ4n) is 2.77. The Hall–Kier alpha value is -1.22. The molecule has 0 spiro atoms. The van der Waals surface area contributed by atoms with Crippen LogP contribution in [0.25, 0.3) is 0 Å². The molecule has 1 aliphatic heterocycles. The Morgan fingerprint density at radius 1 is 1.33 bits per heavy atom. The number of nitrogens with two attached hydrogens (primary N) is 1. The van der Waals surface area contributed by atoms with E-state index in [9.17, 15) is 0 Å². The molecular formula is C18H30N2O. The molecule has 0 saturated carbocycles. The van der Waals surface area contributed by atoms with Crippen LogP contribution in [0.4, 0.5) is 5.69 Å². The third-order valence-electron chi connectivity index (χ3n) is 4.10. The molecule has 0 radical (unpaired) electrons. The summed E-state index contributed by atoms with van der Waals surface area (Å²) in [4.78, 5) is 2.39. The van der Waals surface area contributed by atoms with Crippen LogP contribution in [0.3, 0.4) is 0 Å². The van der Waals surface area contributed by atoms with Gasteiger partial charge in [-0.05, 0) is 43.4 Å². The molecule has 3 heteroatoms. The second kappa shape index (κ2) is 5.53. The molecule has 0 saturated heterocycles. The third kappa shape index (κ3) is 3.70. The molecule has 1 unspecified atom stereocenters. The Balaban J connectivity index is 2.40. The molecular weight excluding hydrogens is 260 g/mol. The Morgan fingerprint density at radius 3 is 2.57 bits per heavy atom. The van der Waals surface area contributed by atoms with Gasteiger partial charge in [0.1, 0.15) is 11.4 Å². The van der Waals surface area contributed by atoms with Crippen molar-refractivity contribution in [2.24, 2.45) is 5.73 Å². The molecule has 0 aliphatic carbocycles. The predicted molar refractivity (Wildman–Crippen MR) is 90.3 cm³/mol. The minimum atomic E-state index is -0.177. The van der Waals surface area contributed by atoms with Crippen LogP contribution < -0.4 is 15.4 Å². The highest BCUT2D eigenvalue weighted by molar-refractivity contribution is 5.63. The van der Waals surface area contributed by atoms with E-state index >= 15 is 0 Å². The van der Waals surface area contributed by atoms with E-state index in [2.05, 4.69) is 64.6 Å². The fraction of sp³-hybridized carbons (Fsp3) is 0.667. The van der Waals surface area contributed by atoms with Crippen molar-refractivity contribution in [1.29, 1.82) is 0 Å². The standard InChI is InChI=1S/C18H30N2O/c1-7-14(19)11-20-12-18(5,6)21-16-9-8-13(10-15(16)20)17(2,3)4/h8-10,14H,7,11-12,19H2,1-6H3. The van der Waals surface area contributed by atoms with Crippen molar-refractivity contribution >= 4 is 5.69 Å². The average molecular weight is 290 g/mol. The first-order valence-corrected chi connectivity index (χ1v) is 7.96. The van der Waals surface area contributed by atoms with Gasteiger partial charge in [-0.15, -0.1) is 0 Å². The van der Waals surface area contributed by atoms with Gasteiger partial charge in [-0.2, -0.15) is 0 Å². The quantitative estimate of drug-likeness (QED) is 0.922. The molecule has 0 amide bonds. The second-order valence-corrected chi connectivity index (χ2v) is 7.84. The van der Waals surface area contributed by atoms with Gasteiger partial charge in [0, 0.05) is 12.6 Å². The van der Waals surface area contributed by atoms with Gasteiger partial charge in [0.15, 0.2) is 0 Å². The summed E-state index contributed by atoms with van der Waals surface area (Å²) in [6.45, 7) is 14.9. The maximum Gasteiger partial charge on any atom is 0.143 e. The van der Waals surface area contributed by atoms with Crippen LogP contribution in [0.5, 0.6) is 5.75 Å². The van der Waals surface area contributed by atoms with Gasteiger partial charge in [0.05, 0.1) is 12.2 Å². The van der Waals surface area contributed by atoms with Crippen molar-refractivity contribution in [2.45, 2.75) is 65.0 Å². The summed E-state index contributed by atoms with van der Waals surface area (Å²) >= 11 is 0. The molecule has 118 valence electrons. The lowest BCUT2D eigenvalue weighted by molar-refractivity contribution is 0.104. The van der Waals surface area contributed by atoms with Gasteiger partial charge < -0.3 is 15.4 Å². The van der Waals surface area contributed by atoms with Gasteiger partial charge in [-0.25, -0.2) is 0 Å². The summed E-state index contributed by atoms with van der Waals surface area (Å²) in [5.41, 5.74) is 8.67. The smallest absolute Gasteiger partial charge is 0.143 e. The number of nitrogens with zero attached hydrogens (tertiary/aromatic N) is 1. The first-order valence-electron chi connectivity index (χ1n) is 7.96. The molecule has 1 aromatic rings. The molecule has 3 nitrogen and oxygen atoms in total. The van der Waals surface area contributed by atoms with E-state index in [0.29, 0.717) is 0 Å². The van der Waals surface area contributed by atoms with Crippen molar-refractivity contribution in [3.8, 4) is 5.75 Å². The van der Waals surface area contributed by atoms with Crippen molar-refractivity contribution in [3.63, 3.8) is 0 Å². The summed E-state index contributed by atoms with van der Waals surface area (Å²) in [6, 6.07) is 6.76. The lowest BCUT2D eigenvalue weighted by Gasteiger charge is -2.42. The van der Waals surface area contributed by atoms with Crippen LogP contribution in [-0.2, 0) is 5.41 Å². The van der Waals surface area contributed by atoms with E-state index in [4.69, 9.17) is 10.5 Å². The van der Waals surface area contributed by atoms with E-state index in [-0.39, 0.29) is 17.1 Å². The van der Waals surface area contributed by atoms with Crippen LogP contribution in [0, 0.1) is 0 Å². The van der Waals surface area contributed by atoms with Crippen LogP contribution in [-0.4, -0.2) is 24.7 Å². The molecule has 0 bridgehead atoms. The molecule has 21 heavy (non-hydrogen) atoms. The zero-order valence-electron chi connectivity index (χ0n) is 14.4.